The van der Waals surface area contributed by atoms with Gasteiger partial charge in [0.2, 0.25) is 5.89 Å². The first-order chi connectivity index (χ1) is 14.5. The third kappa shape index (κ3) is 4.69. The lowest BCUT2D eigenvalue weighted by Crippen LogP contribution is -2.24. The van der Waals surface area contributed by atoms with Gasteiger partial charge in [-0.1, -0.05) is 40.5 Å². The van der Waals surface area contributed by atoms with Crippen molar-refractivity contribution < 1.29 is 4.52 Å². The Morgan fingerprint density at radius 2 is 1.90 bits per heavy atom. The van der Waals surface area contributed by atoms with Crippen molar-refractivity contribution in [1.82, 2.24) is 29.7 Å². The second-order valence-electron chi connectivity index (χ2n) is 6.59. The fourth-order valence-corrected chi connectivity index (χ4v) is 3.12. The first kappa shape index (κ1) is 20.1. The maximum Gasteiger partial charge on any atom is 0.288 e. The standard InChI is InChI=1S/C19H17Cl2N7O2/c1-27-10-14(8-22-27)24-15-9-23-28(19(29)18(15)21)11-17-25-16(26-30-17)7-4-12-2-5-13(20)6-3-12/h2-3,5-6,8-10,24H,4,7,11H2,1H3. The van der Waals surface area contributed by atoms with Gasteiger partial charge in [0.15, 0.2) is 5.82 Å². The third-order valence-corrected chi connectivity index (χ3v) is 4.93. The van der Waals surface area contributed by atoms with Crippen LogP contribution in [0.5, 0.6) is 0 Å². The van der Waals surface area contributed by atoms with Crippen LogP contribution in [0, 0.1) is 0 Å². The number of hydrogen-bond donors (Lipinski definition) is 1. The minimum Gasteiger partial charge on any atom is -0.350 e. The summed E-state index contributed by atoms with van der Waals surface area (Å²) >= 11 is 12.1. The molecule has 0 atom stereocenters. The van der Waals surface area contributed by atoms with Crippen molar-refractivity contribution in [2.75, 3.05) is 5.32 Å². The van der Waals surface area contributed by atoms with Gasteiger partial charge in [-0.15, -0.1) is 0 Å². The van der Waals surface area contributed by atoms with Gasteiger partial charge in [0.25, 0.3) is 5.56 Å². The topological polar surface area (TPSA) is 104 Å². The van der Waals surface area contributed by atoms with Gasteiger partial charge in [-0.05, 0) is 24.1 Å². The molecule has 30 heavy (non-hydrogen) atoms. The third-order valence-electron chi connectivity index (χ3n) is 4.31. The first-order valence-electron chi connectivity index (χ1n) is 9.05. The molecule has 0 amide bonds. The lowest BCUT2D eigenvalue weighted by molar-refractivity contribution is 0.358. The molecule has 0 aliphatic carbocycles. The van der Waals surface area contributed by atoms with Crippen molar-refractivity contribution in [2.45, 2.75) is 19.4 Å². The van der Waals surface area contributed by atoms with Crippen molar-refractivity contribution in [1.29, 1.82) is 0 Å². The molecular weight excluding hydrogens is 429 g/mol. The van der Waals surface area contributed by atoms with E-state index in [2.05, 4.69) is 25.7 Å². The van der Waals surface area contributed by atoms with Crippen molar-refractivity contribution in [3.8, 4) is 0 Å². The Bertz CT molecular complexity index is 1210. The van der Waals surface area contributed by atoms with Crippen LogP contribution < -0.4 is 10.9 Å². The van der Waals surface area contributed by atoms with Crippen LogP contribution in [0.15, 0.2) is 52.2 Å². The summed E-state index contributed by atoms with van der Waals surface area (Å²) in [6.45, 7) is 0.0275. The maximum atomic E-state index is 12.5. The number of aromatic nitrogens is 6. The van der Waals surface area contributed by atoms with Crippen LogP contribution >= 0.6 is 23.2 Å². The Labute approximate surface area is 181 Å². The zero-order valence-electron chi connectivity index (χ0n) is 15.9. The Hall–Kier alpha value is -3.17. The lowest BCUT2D eigenvalue weighted by Gasteiger charge is -2.07. The highest BCUT2D eigenvalue weighted by atomic mass is 35.5. The number of anilines is 2. The molecule has 4 rings (SSSR count). The van der Waals surface area contributed by atoms with Crippen molar-refractivity contribution in [3.63, 3.8) is 0 Å². The highest BCUT2D eigenvalue weighted by molar-refractivity contribution is 6.33. The number of rotatable bonds is 7. The molecule has 0 bridgehead atoms. The van der Waals surface area contributed by atoms with E-state index >= 15 is 0 Å². The molecule has 0 saturated heterocycles. The molecule has 9 nitrogen and oxygen atoms in total. The molecule has 0 saturated carbocycles. The normalized spacial score (nSPS) is 11.0. The van der Waals surface area contributed by atoms with E-state index in [1.807, 2.05) is 24.3 Å². The number of nitrogens with zero attached hydrogens (tertiary/aromatic N) is 6. The number of halogens is 2. The van der Waals surface area contributed by atoms with Crippen LogP contribution in [0.3, 0.4) is 0 Å². The van der Waals surface area contributed by atoms with Gasteiger partial charge in [-0.3, -0.25) is 9.48 Å². The smallest absolute Gasteiger partial charge is 0.288 e. The molecule has 4 aromatic rings. The first-order valence-corrected chi connectivity index (χ1v) is 9.81. The maximum absolute atomic E-state index is 12.5. The lowest BCUT2D eigenvalue weighted by atomic mass is 10.1. The summed E-state index contributed by atoms with van der Waals surface area (Å²) in [6.07, 6.45) is 6.18. The average molecular weight is 446 g/mol. The van der Waals surface area contributed by atoms with Crippen LogP contribution in [-0.4, -0.2) is 29.7 Å². The van der Waals surface area contributed by atoms with Crippen LogP contribution in [0.25, 0.3) is 0 Å². The summed E-state index contributed by atoms with van der Waals surface area (Å²) in [6, 6.07) is 7.59. The van der Waals surface area contributed by atoms with Gasteiger partial charge >= 0.3 is 0 Å². The number of benzene rings is 1. The van der Waals surface area contributed by atoms with E-state index < -0.39 is 5.56 Å². The summed E-state index contributed by atoms with van der Waals surface area (Å²) in [4.78, 5) is 16.9. The van der Waals surface area contributed by atoms with E-state index in [0.29, 0.717) is 28.6 Å². The summed E-state index contributed by atoms with van der Waals surface area (Å²) in [7, 11) is 1.79. The Morgan fingerprint density at radius 1 is 1.10 bits per heavy atom. The Balaban J connectivity index is 1.42. The predicted octanol–water partition coefficient (Wildman–Crippen LogP) is 3.24. The SMILES string of the molecule is Cn1cc(Nc2cnn(Cc3nc(CCc4ccc(Cl)cc4)no3)c(=O)c2Cl)cn1. The van der Waals surface area contributed by atoms with Gasteiger partial charge in [-0.2, -0.15) is 15.2 Å². The van der Waals surface area contributed by atoms with E-state index in [-0.39, 0.29) is 17.5 Å². The molecular formula is C19H17Cl2N7O2. The second-order valence-corrected chi connectivity index (χ2v) is 7.41. The van der Waals surface area contributed by atoms with Gasteiger partial charge < -0.3 is 9.84 Å². The fraction of sp³-hybridized carbons (Fsp3) is 0.211. The molecule has 0 unspecified atom stereocenters. The second kappa shape index (κ2) is 8.68. The van der Waals surface area contributed by atoms with Gasteiger partial charge in [0.1, 0.15) is 11.6 Å². The molecule has 3 aromatic heterocycles. The Morgan fingerprint density at radius 3 is 2.63 bits per heavy atom. The zero-order chi connectivity index (χ0) is 21.1. The van der Waals surface area contributed by atoms with Crippen LogP contribution in [-0.2, 0) is 26.4 Å². The highest BCUT2D eigenvalue weighted by Crippen LogP contribution is 2.20. The predicted molar refractivity (Wildman–Crippen MR) is 112 cm³/mol. The molecule has 0 aliphatic rings. The molecule has 0 spiro atoms. The average Bonchev–Trinajstić information content (AvgIpc) is 3.36. The van der Waals surface area contributed by atoms with Gasteiger partial charge in [-0.25, -0.2) is 4.68 Å². The monoisotopic (exact) mass is 445 g/mol. The highest BCUT2D eigenvalue weighted by Gasteiger charge is 2.14. The quantitative estimate of drug-likeness (QED) is 0.465. The molecule has 1 N–H and O–H groups in total. The zero-order valence-corrected chi connectivity index (χ0v) is 17.4. The summed E-state index contributed by atoms with van der Waals surface area (Å²) in [5.74, 6) is 0.828. The molecule has 0 radical (unpaired) electrons. The van der Waals surface area contributed by atoms with Gasteiger partial charge in [0.05, 0.1) is 23.8 Å². The molecule has 11 heteroatoms. The molecule has 3 heterocycles. The molecule has 0 fully saturated rings. The van der Waals surface area contributed by atoms with Gasteiger partial charge in [0, 0.05) is 24.7 Å². The van der Waals surface area contributed by atoms with E-state index in [1.54, 1.807) is 24.1 Å². The Kier molecular flexibility index (Phi) is 5.82. The van der Waals surface area contributed by atoms with E-state index in [4.69, 9.17) is 27.7 Å². The van der Waals surface area contributed by atoms with Crippen molar-refractivity contribution in [3.05, 3.63) is 80.5 Å². The van der Waals surface area contributed by atoms with Crippen molar-refractivity contribution in [2.24, 2.45) is 7.05 Å². The minimum atomic E-state index is -0.466. The van der Waals surface area contributed by atoms with E-state index in [0.717, 1.165) is 12.0 Å². The minimum absolute atomic E-state index is 0.0105. The van der Waals surface area contributed by atoms with Crippen LogP contribution in [0.1, 0.15) is 17.3 Å². The number of nitrogens with one attached hydrogen (secondary N) is 1. The summed E-state index contributed by atoms with van der Waals surface area (Å²) in [5.41, 5.74) is 1.74. The summed E-state index contributed by atoms with van der Waals surface area (Å²) < 4.78 is 8.05. The molecule has 154 valence electrons. The fourth-order valence-electron chi connectivity index (χ4n) is 2.80. The molecule has 0 aliphatic heterocycles. The van der Waals surface area contributed by atoms with Crippen molar-refractivity contribution >= 4 is 34.6 Å². The number of hydrogen-bond acceptors (Lipinski definition) is 7. The van der Waals surface area contributed by atoms with Crippen LogP contribution in [0.4, 0.5) is 11.4 Å². The van der Waals surface area contributed by atoms with E-state index in [1.165, 1.54) is 10.9 Å². The largest absolute Gasteiger partial charge is 0.350 e. The molecule has 1 aromatic carbocycles. The van der Waals surface area contributed by atoms with Crippen LogP contribution in [0.2, 0.25) is 10.0 Å². The summed E-state index contributed by atoms with van der Waals surface area (Å²) in [5, 5.41) is 15.9. The number of aryl methyl sites for hydroxylation is 3. The van der Waals surface area contributed by atoms with E-state index in [9.17, 15) is 4.79 Å².